The fourth-order valence-electron chi connectivity index (χ4n) is 4.81. The van der Waals surface area contributed by atoms with Gasteiger partial charge in [0, 0.05) is 18.7 Å². The molecule has 148 valence electrons. The number of likely N-dealkylation sites (tertiary alicyclic amines) is 1. The summed E-state index contributed by atoms with van der Waals surface area (Å²) in [5.74, 6) is -0.0967. The third-order valence-electron chi connectivity index (χ3n) is 6.31. The Morgan fingerprint density at radius 1 is 1.14 bits per heavy atom. The predicted octanol–water partition coefficient (Wildman–Crippen LogP) is 2.66. The zero-order chi connectivity index (χ0) is 19.7. The molecule has 2 aromatic rings. The minimum absolute atomic E-state index is 0.00617. The quantitative estimate of drug-likeness (QED) is 0.870. The van der Waals surface area contributed by atoms with Crippen LogP contribution < -0.4 is 10.9 Å². The van der Waals surface area contributed by atoms with Crippen molar-refractivity contribution < 1.29 is 4.79 Å². The van der Waals surface area contributed by atoms with Gasteiger partial charge in [-0.05, 0) is 44.4 Å². The molecule has 2 aliphatic heterocycles. The van der Waals surface area contributed by atoms with E-state index in [1.165, 1.54) is 23.6 Å². The highest BCUT2D eigenvalue weighted by molar-refractivity contribution is 5.93. The minimum Gasteiger partial charge on any atom is -0.325 e. The van der Waals surface area contributed by atoms with E-state index >= 15 is 0 Å². The van der Waals surface area contributed by atoms with E-state index in [9.17, 15) is 9.59 Å². The van der Waals surface area contributed by atoms with Crippen LogP contribution in [0.3, 0.4) is 0 Å². The second kappa shape index (κ2) is 7.51. The molecule has 4 rings (SSSR count). The Morgan fingerprint density at radius 3 is 2.68 bits per heavy atom. The first-order valence-corrected chi connectivity index (χ1v) is 10.2. The molecule has 2 aliphatic rings. The number of benzene rings is 1. The van der Waals surface area contributed by atoms with Gasteiger partial charge in [0.1, 0.15) is 5.69 Å². The number of fused-ring (bicyclic) bond motifs is 1. The van der Waals surface area contributed by atoms with E-state index in [2.05, 4.69) is 29.5 Å². The van der Waals surface area contributed by atoms with Crippen LogP contribution >= 0.6 is 0 Å². The lowest BCUT2D eigenvalue weighted by Gasteiger charge is -2.38. The maximum absolute atomic E-state index is 13.6. The van der Waals surface area contributed by atoms with Crippen molar-refractivity contribution in [2.75, 3.05) is 6.54 Å². The molecule has 6 heteroatoms. The summed E-state index contributed by atoms with van der Waals surface area (Å²) in [7, 11) is 1.58. The van der Waals surface area contributed by atoms with Crippen LogP contribution in [-0.2, 0) is 7.05 Å². The third kappa shape index (κ3) is 3.37. The van der Waals surface area contributed by atoms with Gasteiger partial charge in [0.25, 0.3) is 11.5 Å². The van der Waals surface area contributed by atoms with Gasteiger partial charge in [-0.15, -0.1) is 0 Å². The maximum atomic E-state index is 13.6. The largest absolute Gasteiger partial charge is 0.325 e. The van der Waals surface area contributed by atoms with Gasteiger partial charge in [-0.25, -0.2) is 4.68 Å². The minimum atomic E-state index is -0.213. The summed E-state index contributed by atoms with van der Waals surface area (Å²) in [6.45, 7) is 3.23. The van der Waals surface area contributed by atoms with Gasteiger partial charge in [0.15, 0.2) is 0 Å². The molecular weight excluding hydrogens is 352 g/mol. The number of carbonyl (C=O) groups is 1. The Bertz CT molecular complexity index is 910. The van der Waals surface area contributed by atoms with Crippen molar-refractivity contribution in [3.05, 3.63) is 64.1 Å². The molecule has 0 aliphatic carbocycles. The molecule has 1 aromatic carbocycles. The highest BCUT2D eigenvalue weighted by atomic mass is 16.2. The topological polar surface area (TPSA) is 67.2 Å². The smallest absolute Gasteiger partial charge is 0.275 e. The number of hydrogen-bond acceptors (Lipinski definition) is 4. The zero-order valence-corrected chi connectivity index (χ0v) is 16.6. The standard InChI is InChI=1S/C22H28N4O2/c1-22-15-18(16-9-5-3-6-10-16)26(19(22)11-7-4-8-14-23-22)21(28)17-12-13-20(27)25(2)24-17/h3,5-6,9-10,12-13,18-19,23H,4,7-8,11,14-15H2,1-2H3/t18-,19-,22-/m0/s1. The lowest BCUT2D eigenvalue weighted by Crippen LogP contribution is -2.54. The van der Waals surface area contributed by atoms with E-state index in [4.69, 9.17) is 0 Å². The molecule has 3 atom stereocenters. The van der Waals surface area contributed by atoms with Gasteiger partial charge in [0.2, 0.25) is 0 Å². The van der Waals surface area contributed by atoms with Crippen molar-refractivity contribution in [1.29, 1.82) is 0 Å². The summed E-state index contributed by atoms with van der Waals surface area (Å²) < 4.78 is 1.23. The van der Waals surface area contributed by atoms with Crippen molar-refractivity contribution in [3.8, 4) is 0 Å². The summed E-state index contributed by atoms with van der Waals surface area (Å²) in [6.07, 6.45) is 5.32. The van der Waals surface area contributed by atoms with Crippen molar-refractivity contribution in [3.63, 3.8) is 0 Å². The van der Waals surface area contributed by atoms with Crippen LogP contribution in [0.25, 0.3) is 0 Å². The fourth-order valence-corrected chi connectivity index (χ4v) is 4.81. The molecule has 0 saturated carbocycles. The summed E-state index contributed by atoms with van der Waals surface area (Å²) in [4.78, 5) is 27.4. The second-order valence-corrected chi connectivity index (χ2v) is 8.23. The molecule has 28 heavy (non-hydrogen) atoms. The molecule has 0 radical (unpaired) electrons. The van der Waals surface area contributed by atoms with Gasteiger partial charge < -0.3 is 10.2 Å². The summed E-state index contributed by atoms with van der Waals surface area (Å²) >= 11 is 0. The van der Waals surface area contributed by atoms with Gasteiger partial charge in [-0.1, -0.05) is 43.2 Å². The average molecular weight is 380 g/mol. The van der Waals surface area contributed by atoms with Gasteiger partial charge in [0.05, 0.1) is 12.1 Å². The van der Waals surface area contributed by atoms with Crippen molar-refractivity contribution in [2.24, 2.45) is 7.05 Å². The Hall–Kier alpha value is -2.47. The molecule has 0 bridgehead atoms. The number of hydrogen-bond donors (Lipinski definition) is 1. The first-order valence-electron chi connectivity index (χ1n) is 10.2. The van der Waals surface area contributed by atoms with Gasteiger partial charge >= 0.3 is 0 Å². The van der Waals surface area contributed by atoms with Gasteiger partial charge in [-0.3, -0.25) is 9.59 Å². The van der Waals surface area contributed by atoms with Crippen LogP contribution in [-0.4, -0.2) is 38.7 Å². The number of nitrogens with one attached hydrogen (secondary N) is 1. The van der Waals surface area contributed by atoms with Crippen LogP contribution in [0.15, 0.2) is 47.3 Å². The second-order valence-electron chi connectivity index (χ2n) is 8.23. The Kier molecular flexibility index (Phi) is 5.06. The van der Waals surface area contributed by atoms with Crippen molar-refractivity contribution in [2.45, 2.75) is 56.7 Å². The Morgan fingerprint density at radius 2 is 1.93 bits per heavy atom. The number of carbonyl (C=O) groups excluding carboxylic acids is 1. The molecule has 1 aromatic heterocycles. The van der Waals surface area contributed by atoms with Crippen LogP contribution in [0, 0.1) is 0 Å². The molecule has 2 fully saturated rings. The molecule has 6 nitrogen and oxygen atoms in total. The van der Waals surface area contributed by atoms with Gasteiger partial charge in [-0.2, -0.15) is 5.10 Å². The maximum Gasteiger partial charge on any atom is 0.275 e. The summed E-state index contributed by atoms with van der Waals surface area (Å²) in [6, 6.07) is 13.3. The zero-order valence-electron chi connectivity index (χ0n) is 16.6. The average Bonchev–Trinajstić information content (AvgIpc) is 2.96. The molecule has 2 saturated heterocycles. The highest BCUT2D eigenvalue weighted by Gasteiger charge is 2.51. The number of amides is 1. The van der Waals surface area contributed by atoms with Crippen LogP contribution in [0.5, 0.6) is 0 Å². The summed E-state index contributed by atoms with van der Waals surface area (Å²) in [5.41, 5.74) is 1.14. The highest BCUT2D eigenvalue weighted by Crippen LogP contribution is 2.45. The first kappa shape index (κ1) is 18.9. The lowest BCUT2D eigenvalue weighted by molar-refractivity contribution is 0.0603. The predicted molar refractivity (Wildman–Crippen MR) is 108 cm³/mol. The fraction of sp³-hybridized carbons (Fsp3) is 0.500. The van der Waals surface area contributed by atoms with E-state index in [1.54, 1.807) is 13.1 Å². The molecule has 1 N–H and O–H groups in total. The van der Waals surface area contributed by atoms with Crippen molar-refractivity contribution >= 4 is 5.91 Å². The Labute approximate surface area is 165 Å². The lowest BCUT2D eigenvalue weighted by atomic mass is 9.85. The molecule has 3 heterocycles. The van der Waals surface area contributed by atoms with Crippen LogP contribution in [0.4, 0.5) is 0 Å². The number of aryl methyl sites for hydroxylation is 1. The molecule has 0 unspecified atom stereocenters. The molecule has 0 spiro atoms. The normalized spacial score (nSPS) is 27.7. The Balaban J connectivity index is 1.77. The molecule has 1 amide bonds. The van der Waals surface area contributed by atoms with Crippen molar-refractivity contribution in [1.82, 2.24) is 20.0 Å². The van der Waals surface area contributed by atoms with E-state index in [1.807, 2.05) is 23.1 Å². The van der Waals surface area contributed by atoms with E-state index in [0.717, 1.165) is 31.4 Å². The van der Waals surface area contributed by atoms with E-state index in [0.29, 0.717) is 5.69 Å². The number of aromatic nitrogens is 2. The monoisotopic (exact) mass is 380 g/mol. The first-order chi connectivity index (χ1) is 13.5. The third-order valence-corrected chi connectivity index (χ3v) is 6.31. The molecular formula is C22H28N4O2. The SMILES string of the molecule is Cn1nc(C(=O)N2[C@H]3CCCCCN[C@@]3(C)C[C@H]2c2ccccc2)ccc1=O. The number of nitrogens with zero attached hydrogens (tertiary/aromatic N) is 3. The van der Waals surface area contributed by atoms with Crippen LogP contribution in [0.1, 0.15) is 61.1 Å². The van der Waals surface area contributed by atoms with E-state index in [-0.39, 0.29) is 29.1 Å². The summed E-state index contributed by atoms with van der Waals surface area (Å²) in [5, 5.41) is 7.99. The number of rotatable bonds is 2. The van der Waals surface area contributed by atoms with Crippen LogP contribution in [0.2, 0.25) is 0 Å². The van der Waals surface area contributed by atoms with E-state index < -0.39 is 0 Å².